The first-order chi connectivity index (χ1) is 5.88. The Morgan fingerprint density at radius 1 is 0.923 bits per heavy atom. The molecule has 0 saturated heterocycles. The minimum atomic E-state index is 0.262. The van der Waals surface area contributed by atoms with Crippen LogP contribution in [0.3, 0.4) is 0 Å². The molecule has 82 valence electrons. The summed E-state index contributed by atoms with van der Waals surface area (Å²) in [5, 5.41) is 0. The molecule has 0 aromatic rings. The van der Waals surface area contributed by atoms with Crippen molar-refractivity contribution in [2.45, 2.75) is 58.5 Å². The van der Waals surface area contributed by atoms with Gasteiger partial charge in [0.2, 0.25) is 0 Å². The van der Waals surface area contributed by atoms with E-state index in [0.717, 1.165) is 17.0 Å². The summed E-state index contributed by atoms with van der Waals surface area (Å²) in [7, 11) is 0.262. The van der Waals surface area contributed by atoms with E-state index in [4.69, 9.17) is 4.79 Å². The molecule has 0 amide bonds. The molecule has 0 bridgehead atoms. The SMILES string of the molecule is CC(C)P(C(C)C)C(C)C.O=[CH][Rh]. The normalized spacial score (nSPS) is 10.8. The topological polar surface area (TPSA) is 17.1 Å². The van der Waals surface area contributed by atoms with Crippen molar-refractivity contribution in [1.29, 1.82) is 0 Å². The Labute approximate surface area is 94.5 Å². The van der Waals surface area contributed by atoms with Crippen LogP contribution < -0.4 is 0 Å². The zero-order valence-electron chi connectivity index (χ0n) is 9.50. The summed E-state index contributed by atoms with van der Waals surface area (Å²) in [5.74, 6) is 0. The first-order valence-corrected chi connectivity index (χ1v) is 7.16. The molecule has 0 aliphatic rings. The van der Waals surface area contributed by atoms with Crippen LogP contribution in [0.25, 0.3) is 0 Å². The summed E-state index contributed by atoms with van der Waals surface area (Å²) in [6.07, 6.45) is 0. The molecule has 0 heterocycles. The van der Waals surface area contributed by atoms with Crippen molar-refractivity contribution in [3.05, 3.63) is 0 Å². The summed E-state index contributed by atoms with van der Waals surface area (Å²) in [6, 6.07) is 0. The van der Waals surface area contributed by atoms with Gasteiger partial charge in [-0.25, -0.2) is 0 Å². The fourth-order valence-electron chi connectivity index (χ4n) is 1.79. The predicted octanol–water partition coefficient (Wildman–Crippen LogP) is 3.42. The van der Waals surface area contributed by atoms with Crippen LogP contribution in [-0.4, -0.2) is 21.9 Å². The first-order valence-electron chi connectivity index (χ1n) is 4.67. The third-order valence-corrected chi connectivity index (χ3v) is 5.37. The van der Waals surface area contributed by atoms with Crippen molar-refractivity contribution in [1.82, 2.24) is 0 Å². The van der Waals surface area contributed by atoms with Crippen molar-refractivity contribution < 1.29 is 23.1 Å². The average Bonchev–Trinajstić information content (AvgIpc) is 1.84. The predicted molar refractivity (Wildman–Crippen MR) is 59.1 cm³/mol. The Bertz CT molecular complexity index is 105. The van der Waals surface area contributed by atoms with E-state index in [2.05, 4.69) is 41.5 Å². The van der Waals surface area contributed by atoms with Gasteiger partial charge < -0.3 is 0 Å². The molecule has 0 atom stereocenters. The Balaban J connectivity index is 0. The van der Waals surface area contributed by atoms with Gasteiger partial charge in [0.15, 0.2) is 0 Å². The van der Waals surface area contributed by atoms with Gasteiger partial charge in [-0.1, -0.05) is 49.5 Å². The van der Waals surface area contributed by atoms with Gasteiger partial charge in [-0.2, -0.15) is 0 Å². The summed E-state index contributed by atoms with van der Waals surface area (Å²) >= 11 is 2.04. The van der Waals surface area contributed by atoms with E-state index in [0.29, 0.717) is 4.88 Å². The zero-order chi connectivity index (χ0) is 11.0. The third kappa shape index (κ3) is 9.04. The Hall–Kier alpha value is 0.723. The standard InChI is InChI=1S/C9H21P.CHO.Rh/c1-7(2)10(8(3)4)9(5)6;1-2;/h7-9H,1-6H3;1H;. The summed E-state index contributed by atoms with van der Waals surface area (Å²) < 4.78 is 0. The molecule has 0 N–H and O–H groups in total. The number of carbonyl (C=O) groups is 1. The van der Waals surface area contributed by atoms with Gasteiger partial charge in [-0.05, 0) is 17.0 Å². The van der Waals surface area contributed by atoms with Crippen LogP contribution in [0.1, 0.15) is 41.5 Å². The molecule has 0 saturated carbocycles. The minimum absolute atomic E-state index is 0.262. The van der Waals surface area contributed by atoms with Gasteiger partial charge in [0, 0.05) is 0 Å². The fraction of sp³-hybridized carbons (Fsp3) is 0.900. The average molecular weight is 292 g/mol. The van der Waals surface area contributed by atoms with Crippen LogP contribution in [-0.2, 0) is 23.1 Å². The quantitative estimate of drug-likeness (QED) is 0.442. The third-order valence-electron chi connectivity index (χ3n) is 1.79. The molecule has 0 aliphatic carbocycles. The van der Waals surface area contributed by atoms with Gasteiger partial charge in [-0.3, -0.25) is 0 Å². The monoisotopic (exact) mass is 292 g/mol. The second kappa shape index (κ2) is 9.29. The van der Waals surface area contributed by atoms with Crippen molar-refractivity contribution >= 4 is 12.8 Å². The van der Waals surface area contributed by atoms with Crippen LogP contribution in [0, 0.1) is 0 Å². The Morgan fingerprint density at radius 2 is 1.08 bits per heavy atom. The van der Waals surface area contributed by atoms with E-state index < -0.39 is 0 Å². The molecule has 0 unspecified atom stereocenters. The van der Waals surface area contributed by atoms with E-state index in [1.807, 2.05) is 18.3 Å². The number of rotatable bonds is 3. The molecule has 0 aromatic heterocycles. The molecule has 0 aliphatic heterocycles. The molecule has 0 fully saturated rings. The summed E-state index contributed by atoms with van der Waals surface area (Å²) in [5.41, 5.74) is 2.69. The van der Waals surface area contributed by atoms with E-state index in [-0.39, 0.29) is 7.92 Å². The summed E-state index contributed by atoms with van der Waals surface area (Å²) in [6.45, 7) is 14.1. The second-order valence-electron chi connectivity index (χ2n) is 3.81. The van der Waals surface area contributed by atoms with Crippen molar-refractivity contribution in [3.8, 4) is 0 Å². The van der Waals surface area contributed by atoms with Gasteiger partial charge in [0.25, 0.3) is 0 Å². The van der Waals surface area contributed by atoms with Crippen molar-refractivity contribution in [3.63, 3.8) is 0 Å². The van der Waals surface area contributed by atoms with Gasteiger partial charge in [-0.15, -0.1) is 0 Å². The summed E-state index contributed by atoms with van der Waals surface area (Å²) in [4.78, 5) is 9.40. The molecule has 0 rings (SSSR count). The van der Waals surface area contributed by atoms with E-state index in [9.17, 15) is 0 Å². The fourth-order valence-corrected chi connectivity index (χ4v) is 5.37. The van der Waals surface area contributed by atoms with Crippen LogP contribution in [0.2, 0.25) is 0 Å². The number of hydrogen-bond acceptors (Lipinski definition) is 1. The number of carbonyl (C=O) groups excluding carboxylic acids is 1. The van der Waals surface area contributed by atoms with Crippen molar-refractivity contribution in [2.75, 3.05) is 0 Å². The zero-order valence-corrected chi connectivity index (χ0v) is 12.0. The van der Waals surface area contributed by atoms with E-state index in [1.165, 1.54) is 0 Å². The first kappa shape index (κ1) is 16.2. The van der Waals surface area contributed by atoms with E-state index >= 15 is 0 Å². The molecular formula is C10H22OPRh. The molecule has 0 spiro atoms. The maximum atomic E-state index is 8.76. The van der Waals surface area contributed by atoms with Crippen LogP contribution in [0.15, 0.2) is 0 Å². The molecular weight excluding hydrogens is 270 g/mol. The number of hydrogen-bond donors (Lipinski definition) is 0. The van der Waals surface area contributed by atoms with Crippen molar-refractivity contribution in [2.24, 2.45) is 0 Å². The van der Waals surface area contributed by atoms with E-state index in [1.54, 1.807) is 0 Å². The second-order valence-corrected chi connectivity index (χ2v) is 8.19. The Morgan fingerprint density at radius 3 is 1.08 bits per heavy atom. The molecule has 3 heteroatoms. The molecule has 0 aromatic carbocycles. The van der Waals surface area contributed by atoms with Crippen LogP contribution >= 0.6 is 7.92 Å². The van der Waals surface area contributed by atoms with Crippen LogP contribution in [0.5, 0.6) is 0 Å². The van der Waals surface area contributed by atoms with Gasteiger partial charge >= 0.3 is 28.0 Å². The molecule has 13 heavy (non-hydrogen) atoms. The van der Waals surface area contributed by atoms with Gasteiger partial charge in [0.05, 0.1) is 0 Å². The molecule has 0 radical (unpaired) electrons. The molecule has 1 nitrogen and oxygen atoms in total. The van der Waals surface area contributed by atoms with Crippen LogP contribution in [0.4, 0.5) is 0 Å². The maximum absolute atomic E-state index is 8.76. The Kier molecular flexibility index (Phi) is 11.5. The van der Waals surface area contributed by atoms with Gasteiger partial charge in [0.1, 0.15) is 0 Å².